The lowest BCUT2D eigenvalue weighted by atomic mass is 9.92. The van der Waals surface area contributed by atoms with E-state index >= 15 is 0 Å². The molecule has 0 amide bonds. The summed E-state index contributed by atoms with van der Waals surface area (Å²) in [6.07, 6.45) is 3.89. The fourth-order valence-corrected chi connectivity index (χ4v) is 1.36. The molecule has 2 unspecified atom stereocenters. The summed E-state index contributed by atoms with van der Waals surface area (Å²) >= 11 is 0. The number of carbonyl (C=O) groups is 1. The lowest BCUT2D eigenvalue weighted by molar-refractivity contribution is -0.126. The van der Waals surface area contributed by atoms with Crippen molar-refractivity contribution in [3.8, 4) is 0 Å². The fraction of sp³-hybridized carbons (Fsp3) is 0.818. The quantitative estimate of drug-likeness (QED) is 0.661. The molecule has 1 radical (unpaired) electrons. The van der Waals surface area contributed by atoms with E-state index in [9.17, 15) is 4.79 Å². The Hall–Kier alpha value is -0.370. The van der Waals surface area contributed by atoms with Crippen molar-refractivity contribution in [2.45, 2.75) is 52.1 Å². The van der Waals surface area contributed by atoms with Crippen LogP contribution >= 0.6 is 0 Å². The predicted octanol–water partition coefficient (Wildman–Crippen LogP) is 2.36. The van der Waals surface area contributed by atoms with Crippen LogP contribution in [-0.4, -0.2) is 17.0 Å². The van der Waals surface area contributed by atoms with Gasteiger partial charge < -0.3 is 5.11 Å². The second kappa shape index (κ2) is 7.07. The molecule has 0 aliphatic carbocycles. The zero-order valence-corrected chi connectivity index (χ0v) is 8.75. The molecule has 0 heterocycles. The standard InChI is InChI=1S/C11H21O2/c1-4-6-7-10(5-2)8-11(13)9(3)12/h9-10,12H,3-8H2,1-2H3. The first-order chi connectivity index (χ1) is 6.11. The smallest absolute Gasteiger partial charge is 0.161 e. The van der Waals surface area contributed by atoms with E-state index in [-0.39, 0.29) is 5.78 Å². The highest BCUT2D eigenvalue weighted by atomic mass is 16.3. The van der Waals surface area contributed by atoms with Crippen molar-refractivity contribution < 1.29 is 9.90 Å². The Labute approximate surface area is 81.3 Å². The molecule has 2 nitrogen and oxygen atoms in total. The van der Waals surface area contributed by atoms with Crippen LogP contribution < -0.4 is 0 Å². The van der Waals surface area contributed by atoms with Gasteiger partial charge in [0.1, 0.15) is 6.10 Å². The Bertz CT molecular complexity index is 141. The average Bonchev–Trinajstić information content (AvgIpc) is 2.11. The average molecular weight is 185 g/mol. The number of hydrogen-bond donors (Lipinski definition) is 1. The monoisotopic (exact) mass is 185 g/mol. The van der Waals surface area contributed by atoms with Crippen LogP contribution in [0.15, 0.2) is 0 Å². The highest BCUT2D eigenvalue weighted by Crippen LogP contribution is 2.17. The fourth-order valence-electron chi connectivity index (χ4n) is 1.36. The lowest BCUT2D eigenvalue weighted by Crippen LogP contribution is -2.19. The van der Waals surface area contributed by atoms with Crippen LogP contribution in [0.4, 0.5) is 0 Å². The Kier molecular flexibility index (Phi) is 6.87. The molecule has 0 aromatic heterocycles. The van der Waals surface area contributed by atoms with Gasteiger partial charge in [-0.25, -0.2) is 0 Å². The first-order valence-electron chi connectivity index (χ1n) is 5.15. The van der Waals surface area contributed by atoms with Crippen molar-refractivity contribution in [3.05, 3.63) is 6.92 Å². The van der Waals surface area contributed by atoms with Crippen LogP contribution in [0.25, 0.3) is 0 Å². The summed E-state index contributed by atoms with van der Waals surface area (Å²) in [5, 5.41) is 8.93. The van der Waals surface area contributed by atoms with Crippen LogP contribution in [0.3, 0.4) is 0 Å². The van der Waals surface area contributed by atoms with Gasteiger partial charge in [0.05, 0.1) is 0 Å². The minimum atomic E-state index is -1.03. The molecule has 1 N–H and O–H groups in total. The molecule has 0 spiro atoms. The van der Waals surface area contributed by atoms with E-state index in [4.69, 9.17) is 5.11 Å². The van der Waals surface area contributed by atoms with Crippen LogP contribution in [0.2, 0.25) is 0 Å². The van der Waals surface area contributed by atoms with Gasteiger partial charge in [-0.15, -0.1) is 0 Å². The Morgan fingerprint density at radius 2 is 2.08 bits per heavy atom. The third-order valence-electron chi connectivity index (χ3n) is 2.40. The molecule has 13 heavy (non-hydrogen) atoms. The van der Waals surface area contributed by atoms with Crippen LogP contribution in [0, 0.1) is 12.8 Å². The Balaban J connectivity index is 3.76. The van der Waals surface area contributed by atoms with Gasteiger partial charge in [-0.3, -0.25) is 4.79 Å². The summed E-state index contributed by atoms with van der Waals surface area (Å²) in [4.78, 5) is 11.2. The molecule has 0 aliphatic rings. The maximum absolute atomic E-state index is 11.2. The summed E-state index contributed by atoms with van der Waals surface area (Å²) in [7, 11) is 0. The first-order valence-corrected chi connectivity index (χ1v) is 5.15. The van der Waals surface area contributed by atoms with Gasteiger partial charge in [0.2, 0.25) is 0 Å². The summed E-state index contributed by atoms with van der Waals surface area (Å²) in [6.45, 7) is 7.54. The van der Waals surface area contributed by atoms with E-state index in [1.54, 1.807) is 0 Å². The predicted molar refractivity (Wildman–Crippen MR) is 54.3 cm³/mol. The van der Waals surface area contributed by atoms with E-state index < -0.39 is 6.10 Å². The summed E-state index contributed by atoms with van der Waals surface area (Å²) < 4.78 is 0. The SMILES string of the molecule is [CH2]C(O)C(=O)CC(CC)CCCC. The first kappa shape index (κ1) is 12.6. The Morgan fingerprint density at radius 3 is 2.46 bits per heavy atom. The lowest BCUT2D eigenvalue weighted by Gasteiger charge is -2.14. The maximum atomic E-state index is 11.2. The van der Waals surface area contributed by atoms with Crippen molar-refractivity contribution >= 4 is 5.78 Å². The molecule has 0 bridgehead atoms. The summed E-state index contributed by atoms with van der Waals surface area (Å²) in [5.74, 6) is 0.312. The number of Topliss-reactive ketones (excluding diaryl/α,β-unsaturated/α-hetero) is 1. The van der Waals surface area contributed by atoms with E-state index in [0.717, 1.165) is 19.3 Å². The number of aliphatic hydroxyl groups is 1. The normalized spacial score (nSPS) is 15.4. The van der Waals surface area contributed by atoms with Gasteiger partial charge >= 0.3 is 0 Å². The van der Waals surface area contributed by atoms with Gasteiger partial charge in [-0.05, 0) is 12.8 Å². The molecule has 2 heteroatoms. The molecule has 0 rings (SSSR count). The molecule has 0 saturated heterocycles. The number of hydrogen-bond acceptors (Lipinski definition) is 2. The molecule has 0 saturated carbocycles. The van der Waals surface area contributed by atoms with Crippen LogP contribution in [0.1, 0.15) is 46.0 Å². The number of aliphatic hydroxyl groups excluding tert-OH is 1. The van der Waals surface area contributed by atoms with Gasteiger partial charge in [-0.2, -0.15) is 0 Å². The molecule has 0 aromatic rings. The number of carbonyl (C=O) groups excluding carboxylic acids is 1. The molecular formula is C11H21O2. The molecule has 2 atom stereocenters. The Morgan fingerprint density at radius 1 is 1.46 bits per heavy atom. The van der Waals surface area contributed by atoms with Crippen molar-refractivity contribution in [3.63, 3.8) is 0 Å². The molecular weight excluding hydrogens is 164 g/mol. The summed E-state index contributed by atoms with van der Waals surface area (Å²) in [6, 6.07) is 0. The van der Waals surface area contributed by atoms with E-state index in [0.29, 0.717) is 12.3 Å². The van der Waals surface area contributed by atoms with E-state index in [1.807, 2.05) is 0 Å². The van der Waals surface area contributed by atoms with Gasteiger partial charge in [-0.1, -0.05) is 39.5 Å². The third-order valence-corrected chi connectivity index (χ3v) is 2.40. The van der Waals surface area contributed by atoms with E-state index in [1.165, 1.54) is 6.42 Å². The second-order valence-electron chi connectivity index (χ2n) is 3.60. The summed E-state index contributed by atoms with van der Waals surface area (Å²) in [5.41, 5.74) is 0. The maximum Gasteiger partial charge on any atom is 0.161 e. The highest BCUT2D eigenvalue weighted by molar-refractivity contribution is 5.83. The highest BCUT2D eigenvalue weighted by Gasteiger charge is 2.15. The van der Waals surface area contributed by atoms with Crippen LogP contribution in [-0.2, 0) is 4.79 Å². The van der Waals surface area contributed by atoms with Gasteiger partial charge in [0.15, 0.2) is 5.78 Å². The third kappa shape index (κ3) is 5.81. The van der Waals surface area contributed by atoms with Crippen molar-refractivity contribution in [1.82, 2.24) is 0 Å². The zero-order chi connectivity index (χ0) is 10.3. The van der Waals surface area contributed by atoms with Crippen molar-refractivity contribution in [2.75, 3.05) is 0 Å². The van der Waals surface area contributed by atoms with Crippen molar-refractivity contribution in [2.24, 2.45) is 5.92 Å². The topological polar surface area (TPSA) is 37.3 Å². The minimum absolute atomic E-state index is 0.122. The number of ketones is 1. The number of rotatable bonds is 7. The largest absolute Gasteiger partial charge is 0.385 e. The van der Waals surface area contributed by atoms with E-state index in [2.05, 4.69) is 20.8 Å². The zero-order valence-electron chi connectivity index (χ0n) is 8.75. The second-order valence-corrected chi connectivity index (χ2v) is 3.60. The molecule has 0 aromatic carbocycles. The van der Waals surface area contributed by atoms with Crippen LogP contribution in [0.5, 0.6) is 0 Å². The van der Waals surface area contributed by atoms with Gasteiger partial charge in [0.25, 0.3) is 0 Å². The number of unbranched alkanes of at least 4 members (excludes halogenated alkanes) is 1. The molecule has 77 valence electrons. The van der Waals surface area contributed by atoms with Gasteiger partial charge in [0, 0.05) is 6.42 Å². The minimum Gasteiger partial charge on any atom is -0.385 e. The molecule has 0 aliphatic heterocycles. The molecule has 0 fully saturated rings. The van der Waals surface area contributed by atoms with Crippen molar-refractivity contribution in [1.29, 1.82) is 0 Å².